The Kier molecular flexibility index (Phi) is 3.89. The number of carbonyl (C=O) groups excluding carboxylic acids is 1. The normalized spacial score (nSPS) is 17.9. The Hall–Kier alpha value is -1.22. The van der Waals surface area contributed by atoms with E-state index in [9.17, 15) is 4.79 Å². The van der Waals surface area contributed by atoms with Crippen LogP contribution in [0.4, 0.5) is 4.79 Å². The number of hydrogen-bond acceptors (Lipinski definition) is 1. The lowest BCUT2D eigenvalue weighted by molar-refractivity contribution is 0.239. The molecule has 2 amide bonds. The van der Waals surface area contributed by atoms with Gasteiger partial charge >= 0.3 is 6.03 Å². The third-order valence-electron chi connectivity index (χ3n) is 3.38. The molecule has 2 rings (SSSR count). The van der Waals surface area contributed by atoms with E-state index in [1.807, 2.05) is 24.3 Å². The van der Waals surface area contributed by atoms with Crippen LogP contribution in [-0.4, -0.2) is 6.03 Å². The third-order valence-corrected chi connectivity index (χ3v) is 3.61. The minimum atomic E-state index is -0.470. The van der Waals surface area contributed by atoms with Gasteiger partial charge < -0.3 is 11.1 Å². The number of urea groups is 1. The van der Waals surface area contributed by atoms with E-state index in [0.29, 0.717) is 10.9 Å². The van der Waals surface area contributed by atoms with Gasteiger partial charge in [0.05, 0.1) is 6.04 Å². The van der Waals surface area contributed by atoms with Crippen LogP contribution in [0.5, 0.6) is 0 Å². The maximum absolute atomic E-state index is 11.1. The zero-order valence-corrected chi connectivity index (χ0v) is 10.4. The average molecular weight is 253 g/mol. The Balaban J connectivity index is 2.22. The van der Waals surface area contributed by atoms with Gasteiger partial charge in [-0.25, -0.2) is 4.79 Å². The molecule has 3 N–H and O–H groups in total. The number of amides is 2. The highest BCUT2D eigenvalue weighted by Gasteiger charge is 2.27. The van der Waals surface area contributed by atoms with Crippen molar-refractivity contribution in [2.24, 2.45) is 11.7 Å². The maximum atomic E-state index is 11.1. The van der Waals surface area contributed by atoms with E-state index in [0.717, 1.165) is 18.4 Å². The van der Waals surface area contributed by atoms with E-state index < -0.39 is 6.03 Å². The molecule has 0 aliphatic heterocycles. The smallest absolute Gasteiger partial charge is 0.312 e. The van der Waals surface area contributed by atoms with E-state index in [1.54, 1.807) is 0 Å². The molecule has 17 heavy (non-hydrogen) atoms. The van der Waals surface area contributed by atoms with E-state index >= 15 is 0 Å². The van der Waals surface area contributed by atoms with Crippen LogP contribution in [0, 0.1) is 5.92 Å². The summed E-state index contributed by atoms with van der Waals surface area (Å²) >= 11 is 5.99. The van der Waals surface area contributed by atoms with Gasteiger partial charge in [0, 0.05) is 5.02 Å². The molecule has 0 bridgehead atoms. The number of benzene rings is 1. The van der Waals surface area contributed by atoms with Gasteiger partial charge in [0.15, 0.2) is 0 Å². The molecular weight excluding hydrogens is 236 g/mol. The summed E-state index contributed by atoms with van der Waals surface area (Å²) in [5, 5.41) is 3.54. The Morgan fingerprint density at radius 3 is 2.71 bits per heavy atom. The molecule has 0 saturated heterocycles. The van der Waals surface area contributed by atoms with Crippen molar-refractivity contribution in [1.29, 1.82) is 0 Å². The van der Waals surface area contributed by atoms with E-state index in [4.69, 9.17) is 17.3 Å². The lowest BCUT2D eigenvalue weighted by Gasteiger charge is -2.24. The molecule has 0 radical (unpaired) electrons. The van der Waals surface area contributed by atoms with Crippen molar-refractivity contribution in [3.8, 4) is 0 Å². The highest BCUT2D eigenvalue weighted by atomic mass is 35.5. The van der Waals surface area contributed by atoms with Crippen molar-refractivity contribution in [2.45, 2.75) is 31.7 Å². The van der Waals surface area contributed by atoms with Crippen molar-refractivity contribution in [2.75, 3.05) is 0 Å². The molecule has 0 aromatic heterocycles. The van der Waals surface area contributed by atoms with Crippen LogP contribution in [0.2, 0.25) is 5.02 Å². The second-order valence-electron chi connectivity index (χ2n) is 4.59. The molecule has 1 unspecified atom stereocenters. The summed E-state index contributed by atoms with van der Waals surface area (Å²) in [5.74, 6) is 0.473. The van der Waals surface area contributed by atoms with E-state index in [-0.39, 0.29) is 6.04 Å². The van der Waals surface area contributed by atoms with E-state index in [2.05, 4.69) is 5.32 Å². The van der Waals surface area contributed by atoms with E-state index in [1.165, 1.54) is 12.8 Å². The number of carbonyl (C=O) groups is 1. The Morgan fingerprint density at radius 2 is 2.12 bits per heavy atom. The maximum Gasteiger partial charge on any atom is 0.312 e. The van der Waals surface area contributed by atoms with Gasteiger partial charge in [0.2, 0.25) is 0 Å². The van der Waals surface area contributed by atoms with Crippen LogP contribution < -0.4 is 11.1 Å². The van der Waals surface area contributed by atoms with Gasteiger partial charge in [-0.3, -0.25) is 0 Å². The molecule has 3 nitrogen and oxygen atoms in total. The fourth-order valence-corrected chi connectivity index (χ4v) is 2.82. The Morgan fingerprint density at radius 1 is 1.41 bits per heavy atom. The van der Waals surface area contributed by atoms with Gasteiger partial charge in [0.1, 0.15) is 0 Å². The molecule has 92 valence electrons. The summed E-state index contributed by atoms with van der Waals surface area (Å²) in [4.78, 5) is 11.1. The fraction of sp³-hybridized carbons (Fsp3) is 0.462. The van der Waals surface area contributed by atoms with Gasteiger partial charge in [-0.2, -0.15) is 0 Å². The Labute approximate surface area is 106 Å². The zero-order chi connectivity index (χ0) is 12.3. The number of primary amides is 1. The minimum Gasteiger partial charge on any atom is -0.352 e. The predicted molar refractivity (Wildman–Crippen MR) is 68.9 cm³/mol. The molecule has 1 aromatic carbocycles. The second-order valence-corrected chi connectivity index (χ2v) is 5.02. The van der Waals surface area contributed by atoms with Crippen LogP contribution in [0.1, 0.15) is 37.3 Å². The molecule has 1 fully saturated rings. The van der Waals surface area contributed by atoms with Crippen LogP contribution in [0.3, 0.4) is 0 Å². The lowest BCUT2D eigenvalue weighted by atomic mass is 9.92. The highest BCUT2D eigenvalue weighted by molar-refractivity contribution is 6.30. The van der Waals surface area contributed by atoms with Gasteiger partial charge in [-0.1, -0.05) is 36.6 Å². The number of hydrogen-bond donors (Lipinski definition) is 2. The summed E-state index contributed by atoms with van der Waals surface area (Å²) in [6.07, 6.45) is 4.72. The summed E-state index contributed by atoms with van der Waals surface area (Å²) in [6.45, 7) is 0. The molecular formula is C13H17ClN2O. The minimum absolute atomic E-state index is 0.00583. The fourth-order valence-electron chi connectivity index (χ4n) is 2.62. The first-order valence-corrected chi connectivity index (χ1v) is 6.36. The van der Waals surface area contributed by atoms with Crippen molar-refractivity contribution in [1.82, 2.24) is 5.32 Å². The Bertz CT molecular complexity index is 402. The first-order valence-electron chi connectivity index (χ1n) is 5.98. The van der Waals surface area contributed by atoms with Crippen LogP contribution in [0.25, 0.3) is 0 Å². The number of rotatable bonds is 3. The van der Waals surface area contributed by atoms with Crippen LogP contribution >= 0.6 is 11.6 Å². The number of halogens is 1. The first kappa shape index (κ1) is 12.2. The van der Waals surface area contributed by atoms with Gasteiger partial charge in [0.25, 0.3) is 0 Å². The third kappa shape index (κ3) is 3.13. The first-order chi connectivity index (χ1) is 8.16. The average Bonchev–Trinajstić information content (AvgIpc) is 2.79. The molecule has 0 heterocycles. The molecule has 1 aromatic rings. The molecule has 0 spiro atoms. The predicted octanol–water partition coefficient (Wildman–Crippen LogP) is 3.24. The zero-order valence-electron chi connectivity index (χ0n) is 9.66. The summed E-state index contributed by atoms with van der Waals surface area (Å²) in [6, 6.07) is 7.16. The number of nitrogens with two attached hydrogens (primary N) is 1. The summed E-state index contributed by atoms with van der Waals surface area (Å²) in [5.41, 5.74) is 6.30. The molecule has 1 aliphatic carbocycles. The van der Waals surface area contributed by atoms with Gasteiger partial charge in [-0.15, -0.1) is 0 Å². The summed E-state index contributed by atoms with van der Waals surface area (Å²) < 4.78 is 0. The second kappa shape index (κ2) is 5.41. The monoisotopic (exact) mass is 252 g/mol. The lowest BCUT2D eigenvalue weighted by Crippen LogP contribution is -2.36. The SMILES string of the molecule is NC(=O)NC(c1cccc(Cl)c1)C1CCCC1. The molecule has 1 aliphatic rings. The highest BCUT2D eigenvalue weighted by Crippen LogP contribution is 2.36. The molecule has 1 saturated carbocycles. The van der Waals surface area contributed by atoms with Crippen molar-refractivity contribution >= 4 is 17.6 Å². The van der Waals surface area contributed by atoms with Crippen molar-refractivity contribution < 1.29 is 4.79 Å². The van der Waals surface area contributed by atoms with Crippen LogP contribution in [-0.2, 0) is 0 Å². The number of nitrogens with one attached hydrogen (secondary N) is 1. The quantitative estimate of drug-likeness (QED) is 0.853. The largest absolute Gasteiger partial charge is 0.352 e. The topological polar surface area (TPSA) is 55.1 Å². The van der Waals surface area contributed by atoms with Crippen molar-refractivity contribution in [3.63, 3.8) is 0 Å². The van der Waals surface area contributed by atoms with Gasteiger partial charge in [-0.05, 0) is 36.5 Å². The standard InChI is InChI=1S/C13H17ClN2O/c14-11-7-3-6-10(8-11)12(16-13(15)17)9-4-1-2-5-9/h3,6-9,12H,1-2,4-5H2,(H3,15,16,17). The van der Waals surface area contributed by atoms with Crippen molar-refractivity contribution in [3.05, 3.63) is 34.9 Å². The van der Waals surface area contributed by atoms with Crippen LogP contribution in [0.15, 0.2) is 24.3 Å². The molecule has 4 heteroatoms. The molecule has 1 atom stereocenters. The summed E-state index contributed by atoms with van der Waals surface area (Å²) in [7, 11) is 0.